The number of Topliss-reactive ketones (excluding diaryl/α,β-unsaturated/α-hetero) is 1. The van der Waals surface area contributed by atoms with Crippen LogP contribution in [0.5, 0.6) is 0 Å². The van der Waals surface area contributed by atoms with Gasteiger partial charge in [0.15, 0.2) is 5.78 Å². The predicted molar refractivity (Wildman–Crippen MR) is 71.3 cm³/mol. The van der Waals surface area contributed by atoms with Gasteiger partial charge < -0.3 is 4.74 Å². The van der Waals surface area contributed by atoms with E-state index in [1.54, 1.807) is 7.11 Å². The van der Waals surface area contributed by atoms with E-state index in [2.05, 4.69) is 0 Å². The fraction of sp³-hybridized carbons (Fsp3) is 0.923. The van der Waals surface area contributed by atoms with Gasteiger partial charge in [-0.1, -0.05) is 19.8 Å². The molecule has 3 unspecified atom stereocenters. The lowest BCUT2D eigenvalue weighted by atomic mass is 9.83. The first-order valence-electron chi connectivity index (χ1n) is 6.65. The van der Waals surface area contributed by atoms with Crippen molar-refractivity contribution in [1.82, 2.24) is 0 Å². The Balaban J connectivity index is 2.68. The van der Waals surface area contributed by atoms with E-state index in [0.717, 1.165) is 25.7 Å². The summed E-state index contributed by atoms with van der Waals surface area (Å²) < 4.78 is 28.4. The molecule has 1 fully saturated rings. The van der Waals surface area contributed by atoms with Crippen molar-refractivity contribution >= 4 is 15.6 Å². The second kappa shape index (κ2) is 6.66. The molecule has 18 heavy (non-hydrogen) atoms. The summed E-state index contributed by atoms with van der Waals surface area (Å²) in [6.45, 7) is 2.01. The van der Waals surface area contributed by atoms with Crippen LogP contribution in [0, 0.1) is 5.92 Å². The Morgan fingerprint density at radius 3 is 2.56 bits per heavy atom. The average molecular weight is 276 g/mol. The number of carbonyl (C=O) groups is 1. The molecule has 0 aromatic heterocycles. The maximum atomic E-state index is 12.3. The fourth-order valence-corrected chi connectivity index (χ4v) is 3.87. The fourth-order valence-electron chi connectivity index (χ4n) is 2.69. The Hall–Kier alpha value is -0.420. The number of carbonyl (C=O) groups excluding carboxylic acids is 1. The standard InChI is InChI=1S/C13H24O4S/c1-4-6-12(17-2)13(14)10-7-5-8-11(9-10)18(3,15)16/h10-12H,4-9H2,1-3H3. The molecule has 5 heteroatoms. The molecule has 0 aromatic carbocycles. The van der Waals surface area contributed by atoms with Crippen LogP contribution in [0.25, 0.3) is 0 Å². The summed E-state index contributed by atoms with van der Waals surface area (Å²) in [6, 6.07) is 0. The first-order chi connectivity index (χ1) is 8.40. The van der Waals surface area contributed by atoms with Crippen molar-refractivity contribution < 1.29 is 17.9 Å². The van der Waals surface area contributed by atoms with Gasteiger partial charge in [0.2, 0.25) is 0 Å². The third-order valence-electron chi connectivity index (χ3n) is 3.79. The number of rotatable bonds is 6. The molecule has 0 aromatic rings. The van der Waals surface area contributed by atoms with Gasteiger partial charge in [-0.25, -0.2) is 8.42 Å². The Bertz CT molecular complexity index is 374. The van der Waals surface area contributed by atoms with E-state index >= 15 is 0 Å². The van der Waals surface area contributed by atoms with Crippen LogP contribution < -0.4 is 0 Å². The number of hydrogen-bond donors (Lipinski definition) is 0. The number of methoxy groups -OCH3 is 1. The topological polar surface area (TPSA) is 60.4 Å². The molecule has 0 N–H and O–H groups in total. The molecule has 1 rings (SSSR count). The van der Waals surface area contributed by atoms with E-state index in [9.17, 15) is 13.2 Å². The van der Waals surface area contributed by atoms with Crippen LogP contribution in [-0.2, 0) is 19.4 Å². The summed E-state index contributed by atoms with van der Waals surface area (Å²) in [7, 11) is -1.48. The van der Waals surface area contributed by atoms with E-state index in [1.165, 1.54) is 6.26 Å². The van der Waals surface area contributed by atoms with Gasteiger partial charge in [-0.15, -0.1) is 0 Å². The summed E-state index contributed by atoms with van der Waals surface area (Å²) in [5.41, 5.74) is 0. The minimum Gasteiger partial charge on any atom is -0.374 e. The summed E-state index contributed by atoms with van der Waals surface area (Å²) in [6.07, 6.45) is 5.30. The van der Waals surface area contributed by atoms with Crippen LogP contribution in [0.4, 0.5) is 0 Å². The average Bonchev–Trinajstić information content (AvgIpc) is 2.34. The van der Waals surface area contributed by atoms with Crippen molar-refractivity contribution in [3.8, 4) is 0 Å². The van der Waals surface area contributed by atoms with E-state index in [0.29, 0.717) is 12.8 Å². The number of ether oxygens (including phenoxy) is 1. The Kier molecular flexibility index (Phi) is 5.79. The highest BCUT2D eigenvalue weighted by Crippen LogP contribution is 2.30. The van der Waals surface area contributed by atoms with Crippen LogP contribution in [0.2, 0.25) is 0 Å². The van der Waals surface area contributed by atoms with Crippen LogP contribution in [0.15, 0.2) is 0 Å². The van der Waals surface area contributed by atoms with Crippen LogP contribution in [0.1, 0.15) is 45.4 Å². The molecule has 1 saturated carbocycles. The highest BCUT2D eigenvalue weighted by molar-refractivity contribution is 7.91. The first-order valence-corrected chi connectivity index (χ1v) is 8.61. The third kappa shape index (κ3) is 4.05. The van der Waals surface area contributed by atoms with E-state index in [1.807, 2.05) is 6.92 Å². The predicted octanol–water partition coefficient (Wildman–Crippen LogP) is 1.97. The summed E-state index contributed by atoms with van der Waals surface area (Å²) in [5, 5.41) is -0.348. The molecule has 106 valence electrons. The van der Waals surface area contributed by atoms with Crippen LogP contribution >= 0.6 is 0 Å². The molecule has 3 atom stereocenters. The summed E-state index contributed by atoms with van der Waals surface area (Å²) in [5.74, 6) is -0.0531. The lowest BCUT2D eigenvalue weighted by molar-refractivity contribution is -0.134. The molecule has 4 nitrogen and oxygen atoms in total. The second-order valence-electron chi connectivity index (χ2n) is 5.23. The van der Waals surface area contributed by atoms with Crippen LogP contribution in [0.3, 0.4) is 0 Å². The lowest BCUT2D eigenvalue weighted by Gasteiger charge is -2.29. The highest BCUT2D eigenvalue weighted by atomic mass is 32.2. The van der Waals surface area contributed by atoms with Crippen molar-refractivity contribution in [1.29, 1.82) is 0 Å². The van der Waals surface area contributed by atoms with Crippen LogP contribution in [-0.4, -0.2) is 38.9 Å². The monoisotopic (exact) mass is 276 g/mol. The SMILES string of the molecule is CCCC(OC)C(=O)C1CCCC(S(C)(=O)=O)C1. The number of sulfone groups is 1. The van der Waals surface area contributed by atoms with Gasteiger partial charge in [0.05, 0.1) is 5.25 Å². The largest absolute Gasteiger partial charge is 0.374 e. The van der Waals surface area contributed by atoms with E-state index in [4.69, 9.17) is 4.74 Å². The van der Waals surface area contributed by atoms with E-state index < -0.39 is 9.84 Å². The molecular formula is C13H24O4S. The Labute approximate surface area is 110 Å². The van der Waals surface area contributed by atoms with Gasteiger partial charge >= 0.3 is 0 Å². The zero-order chi connectivity index (χ0) is 13.8. The van der Waals surface area contributed by atoms with Gasteiger partial charge in [0.1, 0.15) is 15.9 Å². The molecule has 1 aliphatic rings. The molecule has 0 saturated heterocycles. The van der Waals surface area contributed by atoms with Crippen molar-refractivity contribution in [3.05, 3.63) is 0 Å². The van der Waals surface area contributed by atoms with Gasteiger partial charge in [0.25, 0.3) is 0 Å². The molecule has 0 spiro atoms. The minimum atomic E-state index is -3.03. The zero-order valence-corrected chi connectivity index (χ0v) is 12.3. The molecule has 0 radical (unpaired) electrons. The number of hydrogen-bond acceptors (Lipinski definition) is 4. The van der Waals surface area contributed by atoms with Crippen molar-refractivity contribution in [2.45, 2.75) is 56.8 Å². The van der Waals surface area contributed by atoms with Crippen molar-refractivity contribution in [2.24, 2.45) is 5.92 Å². The van der Waals surface area contributed by atoms with Crippen molar-refractivity contribution in [2.75, 3.05) is 13.4 Å². The van der Waals surface area contributed by atoms with Gasteiger partial charge in [-0.05, 0) is 25.7 Å². The third-order valence-corrected chi connectivity index (χ3v) is 5.43. The summed E-state index contributed by atoms with van der Waals surface area (Å²) >= 11 is 0. The molecule has 0 bridgehead atoms. The zero-order valence-electron chi connectivity index (χ0n) is 11.5. The van der Waals surface area contributed by atoms with Gasteiger partial charge in [0, 0.05) is 19.3 Å². The van der Waals surface area contributed by atoms with Gasteiger partial charge in [-0.3, -0.25) is 4.79 Å². The minimum absolute atomic E-state index is 0.0905. The maximum absolute atomic E-state index is 12.3. The highest BCUT2D eigenvalue weighted by Gasteiger charge is 2.34. The smallest absolute Gasteiger partial charge is 0.164 e. The molecule has 0 heterocycles. The Morgan fingerprint density at radius 1 is 1.39 bits per heavy atom. The first kappa shape index (κ1) is 15.6. The summed E-state index contributed by atoms with van der Waals surface area (Å²) in [4.78, 5) is 12.3. The molecule has 0 amide bonds. The Morgan fingerprint density at radius 2 is 2.06 bits per heavy atom. The van der Waals surface area contributed by atoms with E-state index in [-0.39, 0.29) is 23.1 Å². The van der Waals surface area contributed by atoms with Crippen molar-refractivity contribution in [3.63, 3.8) is 0 Å². The molecule has 0 aliphatic heterocycles. The second-order valence-corrected chi connectivity index (χ2v) is 7.56. The van der Waals surface area contributed by atoms with Gasteiger partial charge in [-0.2, -0.15) is 0 Å². The number of ketones is 1. The molecule has 1 aliphatic carbocycles. The maximum Gasteiger partial charge on any atom is 0.164 e. The quantitative estimate of drug-likeness (QED) is 0.744. The lowest BCUT2D eigenvalue weighted by Crippen LogP contribution is -2.36. The normalized spacial score (nSPS) is 26.8. The molecular weight excluding hydrogens is 252 g/mol.